The van der Waals surface area contributed by atoms with Crippen molar-refractivity contribution in [2.45, 2.75) is 5.22 Å². The molecular weight excluding hydrogens is 110 g/mol. The minimum atomic E-state index is 0.120. The van der Waals surface area contributed by atoms with Gasteiger partial charge < -0.3 is 4.42 Å². The van der Waals surface area contributed by atoms with Crippen molar-refractivity contribution >= 4 is 11.8 Å². The molecule has 2 nitrogen and oxygen atoms in total. The summed E-state index contributed by atoms with van der Waals surface area (Å²) in [6.07, 6.45) is 3.35. The molecule has 1 aromatic rings. The molecule has 0 saturated carbocycles. The summed E-state index contributed by atoms with van der Waals surface area (Å²) in [6.45, 7) is 0. The van der Waals surface area contributed by atoms with Crippen LogP contribution in [0.25, 0.3) is 0 Å². The number of hydrogen-bond donors (Lipinski definition) is 0. The maximum Gasteiger partial charge on any atom is 0.255 e. The standard InChI is InChI=1S/C4H5NOS/c1-7-4-5-2-3-6-4/h2-3H,1H3/i3D. The predicted octanol–water partition coefficient (Wildman–Crippen LogP) is 1.40. The molecule has 0 unspecified atom stereocenters. The van der Waals surface area contributed by atoms with E-state index in [4.69, 9.17) is 5.79 Å². The molecule has 0 bridgehead atoms. The lowest BCUT2D eigenvalue weighted by Gasteiger charge is -1.77. The number of oxazole rings is 1. The van der Waals surface area contributed by atoms with E-state index in [2.05, 4.69) is 4.98 Å². The van der Waals surface area contributed by atoms with Gasteiger partial charge in [-0.2, -0.15) is 0 Å². The van der Waals surface area contributed by atoms with Crippen LogP contribution in [0.4, 0.5) is 0 Å². The molecule has 0 aliphatic carbocycles. The summed E-state index contributed by atoms with van der Waals surface area (Å²) in [5.74, 6) is 0. The van der Waals surface area contributed by atoms with Gasteiger partial charge in [0.2, 0.25) is 0 Å². The van der Waals surface area contributed by atoms with Gasteiger partial charge in [0.05, 0.1) is 6.20 Å². The fourth-order valence-corrected chi connectivity index (χ4v) is 0.566. The molecule has 0 amide bonds. The predicted molar refractivity (Wildman–Crippen MR) is 28.3 cm³/mol. The van der Waals surface area contributed by atoms with Crippen LogP contribution in [0.1, 0.15) is 1.37 Å². The number of nitrogens with zero attached hydrogens (tertiary/aromatic N) is 1. The lowest BCUT2D eigenvalue weighted by atomic mass is 11.0. The molecule has 1 rings (SSSR count). The fourth-order valence-electron chi connectivity index (χ4n) is 0.277. The third-order valence-electron chi connectivity index (χ3n) is 0.544. The highest BCUT2D eigenvalue weighted by Gasteiger charge is 1.87. The second kappa shape index (κ2) is 2.02. The summed E-state index contributed by atoms with van der Waals surface area (Å²) in [5, 5.41) is 0.551. The molecule has 0 atom stereocenters. The smallest absolute Gasteiger partial charge is 0.255 e. The summed E-state index contributed by atoms with van der Waals surface area (Å²) in [7, 11) is 0. The van der Waals surface area contributed by atoms with Crippen molar-refractivity contribution in [2.24, 2.45) is 0 Å². The van der Waals surface area contributed by atoms with E-state index in [0.717, 1.165) is 0 Å². The van der Waals surface area contributed by atoms with Crippen molar-refractivity contribution in [2.75, 3.05) is 6.26 Å². The van der Waals surface area contributed by atoms with E-state index in [0.29, 0.717) is 5.22 Å². The molecule has 0 aliphatic rings. The van der Waals surface area contributed by atoms with Crippen LogP contribution in [0.15, 0.2) is 22.1 Å². The molecule has 7 heavy (non-hydrogen) atoms. The van der Waals surface area contributed by atoms with Crippen molar-refractivity contribution in [3.8, 4) is 0 Å². The van der Waals surface area contributed by atoms with Crippen molar-refractivity contribution in [3.63, 3.8) is 0 Å². The van der Waals surface area contributed by atoms with Crippen LogP contribution in [-0.4, -0.2) is 11.2 Å². The molecule has 1 aromatic heterocycles. The Morgan fingerprint density at radius 1 is 2.14 bits per heavy atom. The van der Waals surface area contributed by atoms with Gasteiger partial charge in [-0.25, -0.2) is 4.98 Å². The molecule has 38 valence electrons. The van der Waals surface area contributed by atoms with Gasteiger partial charge in [-0.15, -0.1) is 0 Å². The van der Waals surface area contributed by atoms with Crippen molar-refractivity contribution in [1.82, 2.24) is 4.98 Å². The lowest BCUT2D eigenvalue weighted by molar-refractivity contribution is 0.455. The summed E-state index contributed by atoms with van der Waals surface area (Å²) in [6, 6.07) is 0. The normalized spacial score (nSPS) is 11.3. The first-order chi connectivity index (χ1) is 3.83. The fraction of sp³-hybridized carbons (Fsp3) is 0.250. The lowest BCUT2D eigenvalue weighted by Crippen LogP contribution is -1.59. The SMILES string of the molecule is [2H]c1cnc(SC)o1. The largest absolute Gasteiger partial charge is 0.440 e. The Labute approximate surface area is 47.3 Å². The molecule has 0 aromatic carbocycles. The van der Waals surface area contributed by atoms with Crippen LogP contribution >= 0.6 is 11.8 Å². The average molecular weight is 116 g/mol. The second-order valence-electron chi connectivity index (χ2n) is 0.948. The van der Waals surface area contributed by atoms with Gasteiger partial charge in [0, 0.05) is 0 Å². The maximum atomic E-state index is 6.88. The molecule has 0 N–H and O–H groups in total. The van der Waals surface area contributed by atoms with Gasteiger partial charge in [0.1, 0.15) is 7.61 Å². The van der Waals surface area contributed by atoms with Gasteiger partial charge >= 0.3 is 0 Å². The molecular formula is C4H5NOS. The Morgan fingerprint density at radius 3 is 3.29 bits per heavy atom. The Morgan fingerprint density at radius 2 is 3.00 bits per heavy atom. The average Bonchev–Trinajstić information content (AvgIpc) is 2.14. The number of hydrogen-bond acceptors (Lipinski definition) is 3. The first kappa shape index (κ1) is 3.55. The zero-order valence-corrected chi connectivity index (χ0v) is 4.66. The first-order valence-electron chi connectivity index (χ1n) is 2.29. The highest BCUT2D eigenvalue weighted by atomic mass is 32.2. The van der Waals surface area contributed by atoms with Gasteiger partial charge in [-0.1, -0.05) is 11.8 Å². The number of thioether (sulfide) groups is 1. The summed E-state index contributed by atoms with van der Waals surface area (Å²) < 4.78 is 11.6. The first-order valence-corrected chi connectivity index (χ1v) is 3.02. The second-order valence-corrected chi connectivity index (χ2v) is 1.71. The minimum absolute atomic E-state index is 0.120. The number of rotatable bonds is 1. The molecule has 1 heterocycles. The minimum Gasteiger partial charge on any atom is -0.440 e. The van der Waals surface area contributed by atoms with Gasteiger partial charge in [0.15, 0.2) is 0 Å². The maximum absolute atomic E-state index is 6.88. The van der Waals surface area contributed by atoms with E-state index >= 15 is 0 Å². The van der Waals surface area contributed by atoms with E-state index in [1.54, 1.807) is 0 Å². The molecule has 0 radical (unpaired) electrons. The van der Waals surface area contributed by atoms with Gasteiger partial charge in [-0.3, -0.25) is 0 Å². The van der Waals surface area contributed by atoms with Crippen LogP contribution < -0.4 is 0 Å². The van der Waals surface area contributed by atoms with Crippen LogP contribution in [0.3, 0.4) is 0 Å². The van der Waals surface area contributed by atoms with Crippen LogP contribution in [0, 0.1) is 0 Å². The molecule has 3 heteroatoms. The van der Waals surface area contributed by atoms with Crippen molar-refractivity contribution in [1.29, 1.82) is 0 Å². The zero-order valence-electron chi connectivity index (χ0n) is 4.84. The third kappa shape index (κ3) is 0.962. The molecule has 0 aliphatic heterocycles. The summed E-state index contributed by atoms with van der Waals surface area (Å²) in [5.41, 5.74) is 0. The quantitative estimate of drug-likeness (QED) is 0.519. The highest BCUT2D eigenvalue weighted by molar-refractivity contribution is 7.98. The Balaban J connectivity index is 2.84. The number of aromatic nitrogens is 1. The van der Waals surface area contributed by atoms with E-state index < -0.39 is 0 Å². The summed E-state index contributed by atoms with van der Waals surface area (Å²) in [4.78, 5) is 3.74. The Bertz CT molecular complexity index is 176. The third-order valence-corrected chi connectivity index (χ3v) is 1.08. The van der Waals surface area contributed by atoms with Crippen LogP contribution in [0.2, 0.25) is 0 Å². The van der Waals surface area contributed by atoms with Crippen LogP contribution in [0.5, 0.6) is 0 Å². The zero-order chi connectivity index (χ0) is 5.98. The molecule has 0 fully saturated rings. The van der Waals surface area contributed by atoms with E-state index in [9.17, 15) is 0 Å². The van der Waals surface area contributed by atoms with E-state index in [1.807, 2.05) is 6.26 Å². The van der Waals surface area contributed by atoms with Gasteiger partial charge in [0.25, 0.3) is 5.22 Å². The Hall–Kier alpha value is -0.440. The van der Waals surface area contributed by atoms with Crippen LogP contribution in [-0.2, 0) is 0 Å². The monoisotopic (exact) mass is 116 g/mol. The molecule has 0 spiro atoms. The van der Waals surface area contributed by atoms with Crippen molar-refractivity contribution < 1.29 is 5.79 Å². The highest BCUT2D eigenvalue weighted by Crippen LogP contribution is 2.08. The van der Waals surface area contributed by atoms with E-state index in [1.165, 1.54) is 18.0 Å². The summed E-state index contributed by atoms with van der Waals surface area (Å²) >= 11 is 1.39. The van der Waals surface area contributed by atoms with Crippen molar-refractivity contribution in [3.05, 3.63) is 12.4 Å². The topological polar surface area (TPSA) is 26.0 Å². The Kier molecular flexibility index (Phi) is 1.03. The molecule has 0 saturated heterocycles. The van der Waals surface area contributed by atoms with Gasteiger partial charge in [-0.05, 0) is 6.26 Å². The van der Waals surface area contributed by atoms with E-state index in [-0.39, 0.29) is 6.24 Å².